The summed E-state index contributed by atoms with van der Waals surface area (Å²) >= 11 is 0. The predicted molar refractivity (Wildman–Crippen MR) is 85.0 cm³/mol. The number of rotatable bonds is 5. The van der Waals surface area contributed by atoms with E-state index in [0.717, 1.165) is 23.1 Å². The van der Waals surface area contributed by atoms with E-state index in [0.29, 0.717) is 17.8 Å². The van der Waals surface area contributed by atoms with Crippen molar-refractivity contribution in [3.05, 3.63) is 47.9 Å². The quantitative estimate of drug-likeness (QED) is 0.778. The Bertz CT molecular complexity index is 796. The average molecular weight is 295 g/mol. The minimum atomic E-state index is 0.306. The molecule has 0 spiro atoms. The van der Waals surface area contributed by atoms with Crippen LogP contribution in [0.3, 0.4) is 0 Å². The van der Waals surface area contributed by atoms with Crippen LogP contribution in [-0.4, -0.2) is 33.2 Å². The first kappa shape index (κ1) is 14.3. The van der Waals surface area contributed by atoms with Crippen molar-refractivity contribution in [3.8, 4) is 0 Å². The Labute approximate surface area is 128 Å². The standard InChI is InChI=1S/C16H17N5O/c1-11(17-2)9-15-20-16(22-21-15)8-7-12-10-18-13-5-3-4-6-14(13)19-12/h3-8,10-11,17H,9H2,1-2H3/b8-7+. The first-order valence-corrected chi connectivity index (χ1v) is 7.14. The van der Waals surface area contributed by atoms with Gasteiger partial charge in [-0.3, -0.25) is 4.98 Å². The summed E-state index contributed by atoms with van der Waals surface area (Å²) in [5.74, 6) is 1.15. The highest BCUT2D eigenvalue weighted by molar-refractivity contribution is 5.76. The number of hydrogen-bond donors (Lipinski definition) is 1. The van der Waals surface area contributed by atoms with Crippen LogP contribution in [0.2, 0.25) is 0 Å². The summed E-state index contributed by atoms with van der Waals surface area (Å²) in [6.45, 7) is 2.07. The maximum absolute atomic E-state index is 5.20. The molecule has 0 amide bonds. The zero-order valence-electron chi connectivity index (χ0n) is 12.5. The van der Waals surface area contributed by atoms with E-state index in [2.05, 4.69) is 32.3 Å². The van der Waals surface area contributed by atoms with E-state index >= 15 is 0 Å². The normalized spacial score (nSPS) is 13.0. The molecule has 0 aliphatic heterocycles. The largest absolute Gasteiger partial charge is 0.335 e. The molecule has 0 aliphatic carbocycles. The van der Waals surface area contributed by atoms with Crippen LogP contribution < -0.4 is 5.32 Å². The minimum Gasteiger partial charge on any atom is -0.335 e. The van der Waals surface area contributed by atoms with Crippen LogP contribution in [0.5, 0.6) is 0 Å². The van der Waals surface area contributed by atoms with Gasteiger partial charge in [0.05, 0.1) is 22.9 Å². The van der Waals surface area contributed by atoms with Gasteiger partial charge in [0.15, 0.2) is 5.82 Å². The highest BCUT2D eigenvalue weighted by atomic mass is 16.5. The summed E-state index contributed by atoms with van der Waals surface area (Å²) in [4.78, 5) is 13.2. The zero-order chi connectivity index (χ0) is 15.4. The summed E-state index contributed by atoms with van der Waals surface area (Å²) < 4.78 is 5.20. The second kappa shape index (κ2) is 6.44. The second-order valence-corrected chi connectivity index (χ2v) is 5.06. The molecule has 0 saturated carbocycles. The number of nitrogens with zero attached hydrogens (tertiary/aromatic N) is 4. The highest BCUT2D eigenvalue weighted by Gasteiger charge is 2.07. The maximum Gasteiger partial charge on any atom is 0.250 e. The smallest absolute Gasteiger partial charge is 0.250 e. The first-order chi connectivity index (χ1) is 10.7. The van der Waals surface area contributed by atoms with E-state index in [1.807, 2.05) is 37.4 Å². The van der Waals surface area contributed by atoms with Crippen LogP contribution in [0.4, 0.5) is 0 Å². The van der Waals surface area contributed by atoms with Gasteiger partial charge < -0.3 is 9.84 Å². The number of likely N-dealkylation sites (N-methyl/N-ethyl adjacent to an activating group) is 1. The molecule has 112 valence electrons. The van der Waals surface area contributed by atoms with Gasteiger partial charge in [0.1, 0.15) is 0 Å². The lowest BCUT2D eigenvalue weighted by Crippen LogP contribution is -2.24. The molecule has 0 aliphatic rings. The number of hydrogen-bond acceptors (Lipinski definition) is 6. The van der Waals surface area contributed by atoms with E-state index < -0.39 is 0 Å². The van der Waals surface area contributed by atoms with E-state index in [1.165, 1.54) is 0 Å². The lowest BCUT2D eigenvalue weighted by molar-refractivity contribution is 0.400. The van der Waals surface area contributed by atoms with Crippen molar-refractivity contribution in [1.82, 2.24) is 25.4 Å². The SMILES string of the molecule is CNC(C)Cc1noc(/C=C/c2cnc3ccccc3n2)n1. The van der Waals surface area contributed by atoms with E-state index in [1.54, 1.807) is 12.3 Å². The van der Waals surface area contributed by atoms with Crippen molar-refractivity contribution in [1.29, 1.82) is 0 Å². The summed E-state index contributed by atoms with van der Waals surface area (Å²) in [5, 5.41) is 7.09. The third kappa shape index (κ3) is 3.35. The second-order valence-electron chi connectivity index (χ2n) is 5.06. The van der Waals surface area contributed by atoms with E-state index in [4.69, 9.17) is 4.52 Å². The Kier molecular flexibility index (Phi) is 4.20. The Morgan fingerprint density at radius 2 is 2.00 bits per heavy atom. The molecule has 0 fully saturated rings. The number of nitrogens with one attached hydrogen (secondary N) is 1. The fraction of sp³-hybridized carbons (Fsp3) is 0.250. The number of para-hydroxylation sites is 2. The molecule has 1 aromatic carbocycles. The lowest BCUT2D eigenvalue weighted by Gasteiger charge is -2.04. The fourth-order valence-corrected chi connectivity index (χ4v) is 2.00. The molecule has 22 heavy (non-hydrogen) atoms. The van der Waals surface area contributed by atoms with Crippen LogP contribution in [0, 0.1) is 0 Å². The highest BCUT2D eigenvalue weighted by Crippen LogP contribution is 2.11. The fourth-order valence-electron chi connectivity index (χ4n) is 2.00. The Morgan fingerprint density at radius 1 is 1.18 bits per heavy atom. The van der Waals surface area contributed by atoms with Gasteiger partial charge in [0.2, 0.25) is 0 Å². The van der Waals surface area contributed by atoms with Crippen LogP contribution >= 0.6 is 0 Å². The van der Waals surface area contributed by atoms with Gasteiger partial charge in [-0.05, 0) is 32.2 Å². The predicted octanol–water partition coefficient (Wildman–Crippen LogP) is 2.33. The maximum atomic E-state index is 5.20. The van der Waals surface area contributed by atoms with Gasteiger partial charge in [-0.25, -0.2) is 4.98 Å². The van der Waals surface area contributed by atoms with Gasteiger partial charge in [-0.2, -0.15) is 4.98 Å². The van der Waals surface area contributed by atoms with Crippen LogP contribution in [0.15, 0.2) is 35.0 Å². The summed E-state index contributed by atoms with van der Waals surface area (Å²) in [6.07, 6.45) is 6.01. The number of aromatic nitrogens is 4. The third-order valence-corrected chi connectivity index (χ3v) is 3.33. The molecule has 1 unspecified atom stereocenters. The van der Waals surface area contributed by atoms with Crippen molar-refractivity contribution in [3.63, 3.8) is 0 Å². The van der Waals surface area contributed by atoms with Crippen molar-refractivity contribution in [2.45, 2.75) is 19.4 Å². The van der Waals surface area contributed by atoms with Gasteiger partial charge in [0, 0.05) is 18.5 Å². The molecule has 1 N–H and O–H groups in total. The zero-order valence-corrected chi connectivity index (χ0v) is 12.5. The van der Waals surface area contributed by atoms with Crippen molar-refractivity contribution >= 4 is 23.2 Å². The molecular formula is C16H17N5O. The lowest BCUT2D eigenvalue weighted by atomic mass is 10.2. The molecule has 2 heterocycles. The topological polar surface area (TPSA) is 76.7 Å². The molecular weight excluding hydrogens is 278 g/mol. The molecule has 0 bridgehead atoms. The first-order valence-electron chi connectivity index (χ1n) is 7.14. The molecule has 1 atom stereocenters. The van der Waals surface area contributed by atoms with Gasteiger partial charge >= 0.3 is 0 Å². The monoisotopic (exact) mass is 295 g/mol. The summed E-state index contributed by atoms with van der Waals surface area (Å²) in [6, 6.07) is 8.06. The molecule has 6 heteroatoms. The van der Waals surface area contributed by atoms with E-state index in [-0.39, 0.29) is 0 Å². The molecule has 3 rings (SSSR count). The van der Waals surface area contributed by atoms with Gasteiger partial charge in [-0.15, -0.1) is 0 Å². The Hall–Kier alpha value is -2.60. The number of fused-ring (bicyclic) bond motifs is 1. The van der Waals surface area contributed by atoms with Gasteiger partial charge in [-0.1, -0.05) is 17.3 Å². The van der Waals surface area contributed by atoms with Crippen molar-refractivity contribution < 1.29 is 4.52 Å². The van der Waals surface area contributed by atoms with Crippen LogP contribution in [-0.2, 0) is 6.42 Å². The van der Waals surface area contributed by atoms with Crippen LogP contribution in [0.25, 0.3) is 23.2 Å². The summed E-state index contributed by atoms with van der Waals surface area (Å²) in [5.41, 5.74) is 2.49. The van der Waals surface area contributed by atoms with Crippen LogP contribution in [0.1, 0.15) is 24.3 Å². The minimum absolute atomic E-state index is 0.306. The molecule has 2 aromatic heterocycles. The Balaban J connectivity index is 1.75. The Morgan fingerprint density at radius 3 is 2.82 bits per heavy atom. The molecule has 0 saturated heterocycles. The third-order valence-electron chi connectivity index (χ3n) is 3.33. The average Bonchev–Trinajstić information content (AvgIpc) is 3.00. The molecule has 6 nitrogen and oxygen atoms in total. The van der Waals surface area contributed by atoms with E-state index in [9.17, 15) is 0 Å². The number of benzene rings is 1. The molecule has 3 aromatic rings. The van der Waals surface area contributed by atoms with Gasteiger partial charge in [0.25, 0.3) is 5.89 Å². The molecule has 0 radical (unpaired) electrons. The van der Waals surface area contributed by atoms with Crippen molar-refractivity contribution in [2.24, 2.45) is 0 Å². The summed E-state index contributed by atoms with van der Waals surface area (Å²) in [7, 11) is 1.91. The van der Waals surface area contributed by atoms with Crippen molar-refractivity contribution in [2.75, 3.05) is 7.05 Å².